The lowest BCUT2D eigenvalue weighted by Gasteiger charge is -2.14. The maximum atomic E-state index is 5.52. The number of nitrogens with zero attached hydrogens (tertiary/aromatic N) is 7. The van der Waals surface area contributed by atoms with Crippen LogP contribution >= 0.6 is 0 Å². The van der Waals surface area contributed by atoms with Gasteiger partial charge in [-0.1, -0.05) is 170 Å². The summed E-state index contributed by atoms with van der Waals surface area (Å²) in [7, 11) is 0. The molecule has 0 radical (unpaired) electrons. The van der Waals surface area contributed by atoms with Gasteiger partial charge in [-0.3, -0.25) is 9.13 Å². The van der Waals surface area contributed by atoms with Crippen molar-refractivity contribution in [3.63, 3.8) is 0 Å². The van der Waals surface area contributed by atoms with Gasteiger partial charge in [0, 0.05) is 59.4 Å². The van der Waals surface area contributed by atoms with Crippen molar-refractivity contribution in [3.8, 4) is 23.3 Å². The summed E-state index contributed by atoms with van der Waals surface area (Å²) >= 11 is 0. The summed E-state index contributed by atoms with van der Waals surface area (Å²) in [5.74, 6) is 1.67. The van der Waals surface area contributed by atoms with Crippen LogP contribution in [0, 0.1) is 0 Å². The Kier molecular flexibility index (Phi) is 7.49. The summed E-state index contributed by atoms with van der Waals surface area (Å²) in [4.78, 5) is 16.5. The van der Waals surface area contributed by atoms with Crippen LogP contribution in [0.2, 0.25) is 0 Å². The predicted molar refractivity (Wildman–Crippen MR) is 290 cm³/mol. The minimum atomic E-state index is 0.549. The Labute approximate surface area is 398 Å². The van der Waals surface area contributed by atoms with Gasteiger partial charge < -0.3 is 8.80 Å². The molecule has 7 heteroatoms. The van der Waals surface area contributed by atoms with Crippen molar-refractivity contribution >= 4 is 120 Å². The number of aromatic nitrogens is 7. The van der Waals surface area contributed by atoms with Crippen LogP contribution in [0.3, 0.4) is 0 Å². The van der Waals surface area contributed by atoms with Gasteiger partial charge in [0.25, 0.3) is 0 Å². The highest BCUT2D eigenvalue weighted by molar-refractivity contribution is 6.26. The molecule has 6 heterocycles. The molecular weight excluding hydrogens is 855 g/mol. The average Bonchev–Trinajstić information content (AvgIpc) is 4.16. The Morgan fingerprint density at radius 3 is 0.957 bits per heavy atom. The summed E-state index contributed by atoms with van der Waals surface area (Å²) in [6.45, 7) is 0. The Morgan fingerprint density at radius 2 is 0.543 bits per heavy atom. The zero-order chi connectivity index (χ0) is 45.6. The fourth-order valence-electron chi connectivity index (χ4n) is 11.9. The zero-order valence-electron chi connectivity index (χ0n) is 37.5. The first-order valence-electron chi connectivity index (χ1n) is 23.8. The molecule has 7 nitrogen and oxygen atoms in total. The SMILES string of the molecule is c1ccc2c(c1)c1ccccc1n2-c1nc(-c2ccc3c(c2)c2cccc4c5ccccc5n(c5ccccc5n5c6ccccc6c6cccc3c65)c24)nc(-n2c3ccccc3c3ccccc32)n1. The molecule has 0 bridgehead atoms. The van der Waals surface area contributed by atoms with Gasteiger partial charge in [0.2, 0.25) is 11.9 Å². The van der Waals surface area contributed by atoms with Gasteiger partial charge in [-0.25, -0.2) is 0 Å². The Morgan fingerprint density at radius 1 is 0.229 bits per heavy atom. The molecule has 0 saturated carbocycles. The Bertz CT molecular complexity index is 4730. The van der Waals surface area contributed by atoms with Crippen LogP contribution in [-0.2, 0) is 0 Å². The van der Waals surface area contributed by atoms with Crippen molar-refractivity contribution in [2.24, 2.45) is 0 Å². The molecule has 0 amide bonds. The summed E-state index contributed by atoms with van der Waals surface area (Å²) in [6, 6.07) is 81.0. The monoisotopic (exact) mass is 891 g/mol. The maximum absolute atomic E-state index is 5.52. The molecule has 0 unspecified atom stereocenters. The predicted octanol–water partition coefficient (Wildman–Crippen LogP) is 15.7. The number of para-hydroxylation sites is 10. The van der Waals surface area contributed by atoms with Crippen LogP contribution in [0.1, 0.15) is 0 Å². The second-order valence-electron chi connectivity index (χ2n) is 18.4. The van der Waals surface area contributed by atoms with E-state index in [2.05, 4.69) is 242 Å². The van der Waals surface area contributed by atoms with Crippen molar-refractivity contribution in [1.82, 2.24) is 32.9 Å². The quantitative estimate of drug-likeness (QED) is 0.178. The highest BCUT2D eigenvalue weighted by atomic mass is 15.3. The van der Waals surface area contributed by atoms with Gasteiger partial charge >= 0.3 is 0 Å². The molecule has 324 valence electrons. The van der Waals surface area contributed by atoms with E-state index in [0.717, 1.165) is 98.3 Å². The van der Waals surface area contributed by atoms with Gasteiger partial charge in [0.05, 0.1) is 55.2 Å². The highest BCUT2D eigenvalue weighted by Crippen LogP contribution is 2.42. The molecule has 16 rings (SSSR count). The minimum Gasteiger partial charge on any atom is -0.307 e. The molecule has 0 fully saturated rings. The molecule has 10 aromatic carbocycles. The fourth-order valence-corrected chi connectivity index (χ4v) is 11.9. The second kappa shape index (κ2) is 14.0. The molecule has 70 heavy (non-hydrogen) atoms. The van der Waals surface area contributed by atoms with Gasteiger partial charge in [-0.05, 0) is 65.4 Å². The van der Waals surface area contributed by atoms with E-state index in [1.165, 1.54) is 27.1 Å². The van der Waals surface area contributed by atoms with Crippen molar-refractivity contribution in [2.75, 3.05) is 0 Å². The normalized spacial score (nSPS) is 12.3. The van der Waals surface area contributed by atoms with Gasteiger partial charge in [-0.15, -0.1) is 0 Å². The topological polar surface area (TPSA) is 57.4 Å². The number of rotatable bonds is 3. The lowest BCUT2D eigenvalue weighted by atomic mass is 9.99. The standard InChI is InChI=1S/C63H37N7/c1-9-29-53-40(17-1)41-18-2-10-30-54(41)69(53)62-64-61(65-63(66-62)70-55-31-11-3-19-42(55)43-20-4-12-32-56(43)70)38-35-36-39-46-23-15-24-47-44-21-5-7-27-51(44)67(59(46)47)57-33-13-14-34-58(57)68-52-28-8-6-22-45(52)48-25-16-26-49(60(48)68)50(39)37-38/h1-37H. The van der Waals surface area contributed by atoms with Crippen molar-refractivity contribution < 1.29 is 0 Å². The van der Waals surface area contributed by atoms with E-state index in [-0.39, 0.29) is 0 Å². The average molecular weight is 892 g/mol. The molecule has 16 aromatic rings. The Balaban J connectivity index is 1.10. The summed E-state index contributed by atoms with van der Waals surface area (Å²) in [5, 5.41) is 13.9. The summed E-state index contributed by atoms with van der Waals surface area (Å²) in [5.41, 5.74) is 11.9. The van der Waals surface area contributed by atoms with Crippen LogP contribution in [0.4, 0.5) is 0 Å². The van der Waals surface area contributed by atoms with Crippen LogP contribution < -0.4 is 0 Å². The minimum absolute atomic E-state index is 0.549. The first kappa shape index (κ1) is 37.5. The highest BCUT2D eigenvalue weighted by Gasteiger charge is 2.22. The van der Waals surface area contributed by atoms with Gasteiger partial charge in [0.15, 0.2) is 5.82 Å². The molecule has 0 N–H and O–H groups in total. The molecule has 0 aliphatic rings. The summed E-state index contributed by atoms with van der Waals surface area (Å²) < 4.78 is 9.38. The number of benzene rings is 10. The Hall–Kier alpha value is -9.59. The zero-order valence-corrected chi connectivity index (χ0v) is 37.5. The van der Waals surface area contributed by atoms with E-state index in [1.807, 2.05) is 0 Å². The smallest absolute Gasteiger partial charge is 0.240 e. The molecule has 6 aromatic heterocycles. The second-order valence-corrected chi connectivity index (χ2v) is 18.4. The number of fused-ring (bicyclic) bond motifs is 18. The van der Waals surface area contributed by atoms with Crippen LogP contribution in [-0.4, -0.2) is 32.9 Å². The van der Waals surface area contributed by atoms with Crippen LogP contribution in [0.5, 0.6) is 0 Å². The van der Waals surface area contributed by atoms with Crippen LogP contribution in [0.15, 0.2) is 224 Å². The molecule has 0 spiro atoms. The number of hydrogen-bond acceptors (Lipinski definition) is 3. The van der Waals surface area contributed by atoms with E-state index in [9.17, 15) is 0 Å². The molecule has 0 aliphatic carbocycles. The van der Waals surface area contributed by atoms with E-state index in [0.29, 0.717) is 17.7 Å². The van der Waals surface area contributed by atoms with Gasteiger partial charge in [-0.2, -0.15) is 15.0 Å². The van der Waals surface area contributed by atoms with Crippen molar-refractivity contribution in [2.45, 2.75) is 0 Å². The summed E-state index contributed by atoms with van der Waals surface area (Å²) in [6.07, 6.45) is 0. The van der Waals surface area contributed by atoms with E-state index in [4.69, 9.17) is 15.0 Å². The van der Waals surface area contributed by atoms with E-state index < -0.39 is 0 Å². The lowest BCUT2D eigenvalue weighted by molar-refractivity contribution is 0.893. The molecule has 0 saturated heterocycles. The fraction of sp³-hybridized carbons (Fsp3) is 0. The third-order valence-corrected chi connectivity index (χ3v) is 14.8. The maximum Gasteiger partial charge on any atom is 0.240 e. The van der Waals surface area contributed by atoms with Gasteiger partial charge in [0.1, 0.15) is 0 Å². The van der Waals surface area contributed by atoms with Crippen molar-refractivity contribution in [1.29, 1.82) is 0 Å². The first-order valence-corrected chi connectivity index (χ1v) is 23.8. The van der Waals surface area contributed by atoms with E-state index in [1.54, 1.807) is 0 Å². The first-order chi connectivity index (χ1) is 34.8. The molecule has 0 aliphatic heterocycles. The molecule has 0 atom stereocenters. The largest absolute Gasteiger partial charge is 0.307 e. The third-order valence-electron chi connectivity index (χ3n) is 14.8. The third kappa shape index (κ3) is 4.99. The van der Waals surface area contributed by atoms with Crippen LogP contribution in [0.25, 0.3) is 143 Å². The van der Waals surface area contributed by atoms with E-state index >= 15 is 0 Å². The lowest BCUT2D eigenvalue weighted by Crippen LogP contribution is -2.10. The molecular formula is C63H37N7. The van der Waals surface area contributed by atoms with Crippen molar-refractivity contribution in [3.05, 3.63) is 224 Å². The number of hydrogen-bond donors (Lipinski definition) is 0.